The van der Waals surface area contributed by atoms with Crippen LogP contribution >= 0.6 is 19.4 Å². The van der Waals surface area contributed by atoms with Crippen LogP contribution in [-0.4, -0.2) is 63.3 Å². The maximum absolute atomic E-state index is 13.4. The Morgan fingerprint density at radius 1 is 1.31 bits per heavy atom. The number of nitrogen functional groups attached to an aromatic ring is 1. The van der Waals surface area contributed by atoms with E-state index in [2.05, 4.69) is 15.0 Å². The highest BCUT2D eigenvalue weighted by atomic mass is 35.5. The average Bonchev–Trinajstić information content (AvgIpc) is 3.52. The van der Waals surface area contributed by atoms with Gasteiger partial charge in [-0.25, -0.2) is 14.3 Å². The Morgan fingerprint density at radius 2 is 2.13 bits per heavy atom. The lowest BCUT2D eigenvalue weighted by Crippen LogP contribution is -2.42. The zero-order chi connectivity index (χ0) is 27.4. The van der Waals surface area contributed by atoms with E-state index in [0.29, 0.717) is 34.8 Å². The number of phosphoric ester groups is 1. The largest absolute Gasteiger partial charge is 0.509 e. The van der Waals surface area contributed by atoms with Gasteiger partial charge in [0.25, 0.3) is 0 Å². The van der Waals surface area contributed by atoms with Gasteiger partial charge in [0.2, 0.25) is 11.8 Å². The first-order valence-electron chi connectivity index (χ1n) is 12.2. The second kappa shape index (κ2) is 9.88. The number of ether oxygens (including phenoxy) is 4. The normalized spacial score (nSPS) is 32.1. The first kappa shape index (κ1) is 26.2. The molecule has 0 bridgehead atoms. The van der Waals surface area contributed by atoms with Crippen LogP contribution in [0.1, 0.15) is 38.2 Å². The molecule has 0 unspecified atom stereocenters. The van der Waals surface area contributed by atoms with Crippen molar-refractivity contribution in [3.63, 3.8) is 0 Å². The van der Waals surface area contributed by atoms with Crippen molar-refractivity contribution in [3.8, 4) is 5.88 Å². The van der Waals surface area contributed by atoms with Crippen molar-refractivity contribution in [2.24, 2.45) is 0 Å². The summed E-state index contributed by atoms with van der Waals surface area (Å²) >= 11 is 6.30. The number of phosphoric acid groups is 1. The molecule has 208 valence electrons. The van der Waals surface area contributed by atoms with Crippen molar-refractivity contribution in [1.82, 2.24) is 19.5 Å². The van der Waals surface area contributed by atoms with Crippen LogP contribution in [-0.2, 0) is 32.3 Å². The number of anilines is 1. The van der Waals surface area contributed by atoms with Gasteiger partial charge in [-0.05, 0) is 19.9 Å². The molecule has 0 spiro atoms. The van der Waals surface area contributed by atoms with E-state index in [0.717, 1.165) is 0 Å². The number of aromatic nitrogens is 4. The fraction of sp³-hybridized carbons (Fsp3) is 0.478. The summed E-state index contributed by atoms with van der Waals surface area (Å²) in [5.41, 5.74) is 5.91. The Balaban J connectivity index is 1.25. The summed E-state index contributed by atoms with van der Waals surface area (Å²) in [6.07, 6.45) is -2.37. The summed E-state index contributed by atoms with van der Waals surface area (Å²) in [7, 11) is -4.01. The molecule has 16 heteroatoms. The van der Waals surface area contributed by atoms with E-state index >= 15 is 0 Å². The average molecular weight is 582 g/mol. The van der Waals surface area contributed by atoms with Crippen LogP contribution in [0.5, 0.6) is 5.88 Å². The molecule has 2 aromatic heterocycles. The Morgan fingerprint density at radius 3 is 2.92 bits per heavy atom. The number of nitrogens with zero attached hydrogens (tertiary/aromatic N) is 4. The van der Waals surface area contributed by atoms with Crippen LogP contribution in [0.3, 0.4) is 0 Å². The van der Waals surface area contributed by atoms with Gasteiger partial charge in [-0.2, -0.15) is 9.97 Å². The predicted molar refractivity (Wildman–Crippen MR) is 134 cm³/mol. The minimum Gasteiger partial charge on any atom is -0.476 e. The molecule has 3 fully saturated rings. The van der Waals surface area contributed by atoms with Crippen molar-refractivity contribution >= 4 is 42.7 Å². The first-order chi connectivity index (χ1) is 18.7. The van der Waals surface area contributed by atoms with Gasteiger partial charge >= 0.3 is 14.0 Å². The van der Waals surface area contributed by atoms with Gasteiger partial charge in [0.1, 0.15) is 6.10 Å². The lowest BCUT2D eigenvalue weighted by atomic mass is 9.96. The molecule has 2 N–H and O–H groups in total. The zero-order valence-electron chi connectivity index (χ0n) is 20.9. The summed E-state index contributed by atoms with van der Waals surface area (Å²) in [4.78, 5) is 25.0. The molecule has 0 amide bonds. The van der Waals surface area contributed by atoms with E-state index in [9.17, 15) is 9.36 Å². The third kappa shape index (κ3) is 4.60. The molecule has 3 aliphatic heterocycles. The first-order valence-corrected chi connectivity index (χ1v) is 14.0. The number of imidazole rings is 1. The molecule has 0 saturated carbocycles. The lowest BCUT2D eigenvalue weighted by Gasteiger charge is -2.30. The molecule has 1 aromatic carbocycles. The number of hydrogen-bond acceptors (Lipinski definition) is 13. The highest BCUT2D eigenvalue weighted by Gasteiger charge is 2.64. The van der Waals surface area contributed by atoms with Gasteiger partial charge in [-0.15, -0.1) is 0 Å². The second-order valence-electron chi connectivity index (χ2n) is 9.23. The van der Waals surface area contributed by atoms with Gasteiger partial charge < -0.3 is 24.7 Å². The fourth-order valence-electron chi connectivity index (χ4n) is 4.97. The highest BCUT2D eigenvalue weighted by Crippen LogP contribution is 2.58. The molecule has 3 aliphatic rings. The van der Waals surface area contributed by atoms with E-state index < -0.39 is 44.1 Å². The Labute approximate surface area is 227 Å². The molecule has 3 aromatic rings. The van der Waals surface area contributed by atoms with E-state index in [1.165, 1.54) is 6.33 Å². The molecule has 3 saturated heterocycles. The summed E-state index contributed by atoms with van der Waals surface area (Å²) in [5.74, 6) is 0.167. The van der Waals surface area contributed by atoms with E-state index in [4.69, 9.17) is 49.9 Å². The van der Waals surface area contributed by atoms with Crippen LogP contribution in [0.15, 0.2) is 30.6 Å². The smallest absolute Gasteiger partial charge is 0.476 e. The minimum atomic E-state index is -4.01. The summed E-state index contributed by atoms with van der Waals surface area (Å²) in [5, 5.41) is 0.480. The number of fused-ring (bicyclic) bond motifs is 2. The maximum Gasteiger partial charge on any atom is 0.509 e. The van der Waals surface area contributed by atoms with Crippen LogP contribution in [0.4, 0.5) is 10.7 Å². The van der Waals surface area contributed by atoms with Crippen molar-refractivity contribution < 1.29 is 41.9 Å². The van der Waals surface area contributed by atoms with Crippen LogP contribution in [0.2, 0.25) is 5.02 Å². The highest BCUT2D eigenvalue weighted by molar-refractivity contribution is 7.48. The van der Waals surface area contributed by atoms with Gasteiger partial charge in [-0.3, -0.25) is 18.1 Å². The molecular formula is C23H25ClN5O9P. The van der Waals surface area contributed by atoms with Crippen LogP contribution < -0.4 is 10.5 Å². The molecule has 0 radical (unpaired) electrons. The fourth-order valence-corrected chi connectivity index (χ4v) is 6.61. The molecule has 14 nitrogen and oxygen atoms in total. The Bertz CT molecular complexity index is 1470. The van der Waals surface area contributed by atoms with Crippen molar-refractivity contribution in [1.29, 1.82) is 0 Å². The number of halogens is 1. The summed E-state index contributed by atoms with van der Waals surface area (Å²) < 4.78 is 54.5. The topological polar surface area (TPSA) is 168 Å². The quantitative estimate of drug-likeness (QED) is 0.314. The van der Waals surface area contributed by atoms with Crippen molar-refractivity contribution in [2.45, 2.75) is 50.4 Å². The van der Waals surface area contributed by atoms with Gasteiger partial charge in [-0.1, -0.05) is 29.8 Å². The maximum atomic E-state index is 13.4. The number of carbonyl (C=O) groups excluding carboxylic acids is 1. The van der Waals surface area contributed by atoms with Crippen LogP contribution in [0.25, 0.3) is 11.2 Å². The summed E-state index contributed by atoms with van der Waals surface area (Å²) in [6.45, 7) is 3.62. The van der Waals surface area contributed by atoms with Gasteiger partial charge in [0.15, 0.2) is 29.1 Å². The number of nitrogens with two attached hydrogens (primary N) is 1. The second-order valence-corrected chi connectivity index (χ2v) is 11.3. The third-order valence-corrected chi connectivity index (χ3v) is 8.52. The van der Waals surface area contributed by atoms with Gasteiger partial charge in [0, 0.05) is 17.0 Å². The molecule has 6 atom stereocenters. The number of benzene rings is 1. The Hall–Kier alpha value is -3.00. The molecule has 0 aliphatic carbocycles. The SMILES string of the molecule is CCOc1nc(N)nc2c1ncn2[C@@H]1O[C@H](CO[P@@]2(=O)OCC[C@@H](c3ccccc3Cl)O2)[C@H]2OC(=O)O[C@]21C. The molecule has 39 heavy (non-hydrogen) atoms. The third-order valence-electron chi connectivity index (χ3n) is 6.70. The summed E-state index contributed by atoms with van der Waals surface area (Å²) in [6, 6.07) is 7.11. The molecule has 6 rings (SSSR count). The van der Waals surface area contributed by atoms with Gasteiger partial charge in [0.05, 0.1) is 32.3 Å². The zero-order valence-corrected chi connectivity index (χ0v) is 22.5. The molecule has 5 heterocycles. The predicted octanol–water partition coefficient (Wildman–Crippen LogP) is 3.96. The van der Waals surface area contributed by atoms with E-state index in [-0.39, 0.29) is 25.0 Å². The standard InChI is InChI=1S/C23H25ClN5O9P/c1-3-32-19-16-18(27-21(25)28-19)29(11-26-16)20-23(2)17(36-22(30)37-23)15(35-20)10-34-39(31)33-9-8-14(38-39)12-6-4-5-7-13(12)24/h4-7,11,14-15,17,20H,3,8-10H2,1-2H3,(H2,25,27,28)/t14-,15+,17+,20+,23+,39+/m0/s1. The number of hydrogen-bond donors (Lipinski definition) is 1. The monoisotopic (exact) mass is 581 g/mol. The van der Waals surface area contributed by atoms with Crippen LogP contribution in [0, 0.1) is 0 Å². The molecular weight excluding hydrogens is 557 g/mol. The van der Waals surface area contributed by atoms with Crippen molar-refractivity contribution in [2.75, 3.05) is 25.6 Å². The number of carbonyl (C=O) groups is 1. The number of rotatable bonds is 7. The van der Waals surface area contributed by atoms with E-state index in [1.54, 1.807) is 36.6 Å². The van der Waals surface area contributed by atoms with E-state index in [1.807, 2.05) is 6.07 Å². The van der Waals surface area contributed by atoms with Crippen molar-refractivity contribution in [3.05, 3.63) is 41.2 Å². The Kier molecular flexibility index (Phi) is 6.64. The lowest BCUT2D eigenvalue weighted by molar-refractivity contribution is -0.0925. The minimum absolute atomic E-state index is 0.0373.